The van der Waals surface area contributed by atoms with Crippen molar-refractivity contribution in [1.82, 2.24) is 10.6 Å². The SMILES string of the molecule is CN[C@@H]1[C@@H](O)[C@@H](O[C@H]2[C@H](N)C[C@H](N)C([C@H]3OC(CN=C(N)N)=CC[C@H]3NC(=N)N)[C@@H]2O)OC[C@]1(C)O. The summed E-state index contributed by atoms with van der Waals surface area (Å²) < 4.78 is 17.8. The number of nitrogens with two attached hydrogens (primary N) is 5. The van der Waals surface area contributed by atoms with E-state index in [0.717, 1.165) is 0 Å². The molecule has 0 aromatic rings. The van der Waals surface area contributed by atoms with Gasteiger partial charge in [-0.1, -0.05) is 0 Å². The van der Waals surface area contributed by atoms with Crippen LogP contribution in [0.2, 0.25) is 0 Å². The van der Waals surface area contributed by atoms with Crippen LogP contribution in [-0.2, 0) is 14.2 Å². The van der Waals surface area contributed by atoms with Crippen LogP contribution >= 0.6 is 0 Å². The minimum atomic E-state index is -1.33. The maximum absolute atomic E-state index is 11.5. The van der Waals surface area contributed by atoms with E-state index < -0.39 is 66.4 Å². The molecule has 15 heteroatoms. The highest BCUT2D eigenvalue weighted by atomic mass is 16.7. The van der Waals surface area contributed by atoms with Gasteiger partial charge in [0, 0.05) is 18.0 Å². The van der Waals surface area contributed by atoms with Gasteiger partial charge in [-0.15, -0.1) is 0 Å². The molecule has 1 saturated carbocycles. The van der Waals surface area contributed by atoms with Gasteiger partial charge in [0.25, 0.3) is 0 Å². The summed E-state index contributed by atoms with van der Waals surface area (Å²) in [5.74, 6) is -0.578. The summed E-state index contributed by atoms with van der Waals surface area (Å²) in [5.41, 5.74) is 27.9. The molecule has 0 aromatic carbocycles. The Balaban J connectivity index is 1.82. The number of aliphatic hydroxyl groups excluding tert-OH is 2. The van der Waals surface area contributed by atoms with Gasteiger partial charge in [0.1, 0.15) is 29.7 Å². The lowest BCUT2D eigenvalue weighted by Crippen LogP contribution is -2.69. The van der Waals surface area contributed by atoms with Gasteiger partial charge in [-0.05, 0) is 32.9 Å². The fourth-order valence-corrected chi connectivity index (χ4v) is 5.33. The van der Waals surface area contributed by atoms with E-state index in [1.165, 1.54) is 0 Å². The van der Waals surface area contributed by atoms with Gasteiger partial charge in [0.05, 0.1) is 31.3 Å². The highest BCUT2D eigenvalue weighted by Crippen LogP contribution is 2.36. The standard InChI is InChI=1S/C21H41N9O6/c1-21(33)7-34-18(14(32)17(21)28-2)36-15-10(23)5-9(22)12(13(15)31)16-11(30-20(26)27)4-3-8(35-16)6-29-19(24)25/h3,9-18,28,31-33H,4-7,22-23H2,1-2H3,(H4,24,25,29)(H4,26,27,30)/t9-,10+,11+,12?,13-,14+,15-,16-,17+,18+,21-/m0/s1. The third-order valence-corrected chi connectivity index (χ3v) is 7.05. The Labute approximate surface area is 209 Å². The topological polar surface area (TPSA) is 279 Å². The fraction of sp³-hybridized carbons (Fsp3) is 0.810. The second kappa shape index (κ2) is 11.4. The van der Waals surface area contributed by atoms with E-state index in [1.54, 1.807) is 20.0 Å². The number of guanidine groups is 2. The Bertz CT molecular complexity index is 839. The van der Waals surface area contributed by atoms with Crippen LogP contribution in [0.3, 0.4) is 0 Å². The van der Waals surface area contributed by atoms with Crippen LogP contribution in [0.25, 0.3) is 0 Å². The number of nitrogens with one attached hydrogen (secondary N) is 3. The predicted molar refractivity (Wildman–Crippen MR) is 131 cm³/mol. The molecule has 2 aliphatic heterocycles. The Morgan fingerprint density at radius 3 is 2.56 bits per heavy atom. The Morgan fingerprint density at radius 2 is 1.94 bits per heavy atom. The molecule has 11 atom stereocenters. The molecule has 0 radical (unpaired) electrons. The molecule has 16 N–H and O–H groups in total. The van der Waals surface area contributed by atoms with E-state index in [1.807, 2.05) is 0 Å². The Morgan fingerprint density at radius 1 is 1.25 bits per heavy atom. The van der Waals surface area contributed by atoms with E-state index in [0.29, 0.717) is 12.2 Å². The summed E-state index contributed by atoms with van der Waals surface area (Å²) in [5, 5.41) is 46.2. The van der Waals surface area contributed by atoms with Crippen molar-refractivity contribution in [2.24, 2.45) is 39.6 Å². The highest BCUT2D eigenvalue weighted by Gasteiger charge is 2.52. The largest absolute Gasteiger partial charge is 0.491 e. The van der Waals surface area contributed by atoms with Crippen molar-refractivity contribution in [3.05, 3.63) is 11.8 Å². The number of aliphatic hydroxyl groups is 3. The van der Waals surface area contributed by atoms with Crippen LogP contribution in [0, 0.1) is 11.3 Å². The number of rotatable bonds is 7. The molecule has 1 unspecified atom stereocenters. The lowest BCUT2D eigenvalue weighted by Gasteiger charge is -2.50. The molecule has 3 aliphatic rings. The quantitative estimate of drug-likeness (QED) is 0.112. The molecule has 1 saturated heterocycles. The summed E-state index contributed by atoms with van der Waals surface area (Å²) in [6.07, 6.45) is -2.84. The van der Waals surface area contributed by atoms with E-state index in [-0.39, 0.29) is 31.5 Å². The first-order valence-corrected chi connectivity index (χ1v) is 11.9. The first-order chi connectivity index (χ1) is 16.9. The molecule has 0 aromatic heterocycles. The van der Waals surface area contributed by atoms with Crippen molar-refractivity contribution < 1.29 is 29.5 Å². The molecule has 1 aliphatic carbocycles. The first kappa shape index (κ1) is 28.3. The first-order valence-electron chi connectivity index (χ1n) is 11.9. The number of ether oxygens (including phenoxy) is 3. The van der Waals surface area contributed by atoms with Gasteiger partial charge >= 0.3 is 0 Å². The predicted octanol–water partition coefficient (Wildman–Crippen LogP) is -4.74. The molecular weight excluding hydrogens is 474 g/mol. The average molecular weight is 516 g/mol. The minimum absolute atomic E-state index is 0.0938. The zero-order valence-corrected chi connectivity index (χ0v) is 20.6. The maximum Gasteiger partial charge on any atom is 0.186 e. The van der Waals surface area contributed by atoms with Crippen molar-refractivity contribution in [3.63, 3.8) is 0 Å². The van der Waals surface area contributed by atoms with Crippen molar-refractivity contribution in [1.29, 1.82) is 5.41 Å². The second-order valence-corrected chi connectivity index (χ2v) is 9.92. The zero-order chi connectivity index (χ0) is 26.8. The smallest absolute Gasteiger partial charge is 0.186 e. The summed E-state index contributed by atoms with van der Waals surface area (Å²) in [6.45, 7) is 1.53. The molecule has 206 valence electrons. The lowest BCUT2D eigenvalue weighted by molar-refractivity contribution is -0.296. The van der Waals surface area contributed by atoms with Gasteiger partial charge in [-0.3, -0.25) is 5.41 Å². The number of hydrogen-bond donors (Lipinski definition) is 11. The van der Waals surface area contributed by atoms with E-state index in [2.05, 4.69) is 15.6 Å². The molecule has 36 heavy (non-hydrogen) atoms. The highest BCUT2D eigenvalue weighted by molar-refractivity contribution is 5.76. The molecule has 0 amide bonds. The van der Waals surface area contributed by atoms with Gasteiger partial charge in [-0.25, -0.2) is 4.99 Å². The number of hydrogen-bond acceptors (Lipinski definition) is 11. The summed E-state index contributed by atoms with van der Waals surface area (Å²) in [4.78, 5) is 3.97. The second-order valence-electron chi connectivity index (χ2n) is 9.92. The lowest BCUT2D eigenvalue weighted by atomic mass is 9.72. The molecule has 0 spiro atoms. The number of aliphatic imine (C=N–C) groups is 1. The molecular formula is C21H41N9O6. The van der Waals surface area contributed by atoms with Crippen LogP contribution in [0.1, 0.15) is 19.8 Å². The third kappa shape index (κ3) is 6.18. The van der Waals surface area contributed by atoms with Crippen LogP contribution in [0.4, 0.5) is 0 Å². The monoisotopic (exact) mass is 515 g/mol. The van der Waals surface area contributed by atoms with Gasteiger partial charge in [-0.2, -0.15) is 0 Å². The zero-order valence-electron chi connectivity index (χ0n) is 20.6. The van der Waals surface area contributed by atoms with E-state index in [4.69, 9.17) is 48.3 Å². The molecule has 3 rings (SSSR count). The molecule has 0 bridgehead atoms. The van der Waals surface area contributed by atoms with Crippen molar-refractivity contribution in [2.75, 3.05) is 20.2 Å². The number of nitrogens with zero attached hydrogens (tertiary/aromatic N) is 1. The Hall–Kier alpha value is -2.24. The molecule has 15 nitrogen and oxygen atoms in total. The van der Waals surface area contributed by atoms with Gasteiger partial charge in [0.2, 0.25) is 0 Å². The van der Waals surface area contributed by atoms with Crippen molar-refractivity contribution >= 4 is 11.9 Å². The van der Waals surface area contributed by atoms with E-state index in [9.17, 15) is 15.3 Å². The third-order valence-electron chi connectivity index (χ3n) is 7.05. The van der Waals surface area contributed by atoms with Gasteiger partial charge in [0.15, 0.2) is 18.2 Å². The van der Waals surface area contributed by atoms with Crippen molar-refractivity contribution in [2.45, 2.75) is 80.2 Å². The van der Waals surface area contributed by atoms with Crippen molar-refractivity contribution in [3.8, 4) is 0 Å². The summed E-state index contributed by atoms with van der Waals surface area (Å²) in [7, 11) is 1.61. The average Bonchev–Trinajstić information content (AvgIpc) is 2.77. The molecule has 2 heterocycles. The van der Waals surface area contributed by atoms with Crippen LogP contribution in [0.5, 0.6) is 0 Å². The fourth-order valence-electron chi connectivity index (χ4n) is 5.33. The van der Waals surface area contributed by atoms with Crippen LogP contribution in [0.15, 0.2) is 16.8 Å². The van der Waals surface area contributed by atoms with Gasteiger partial charge < -0.3 is 68.8 Å². The summed E-state index contributed by atoms with van der Waals surface area (Å²) >= 11 is 0. The number of likely N-dealkylation sites (N-methyl/N-ethyl adjacent to an activating group) is 1. The minimum Gasteiger partial charge on any atom is -0.491 e. The Kier molecular flexibility index (Phi) is 9.00. The molecule has 2 fully saturated rings. The van der Waals surface area contributed by atoms with Crippen LogP contribution in [-0.4, -0.2) is 108 Å². The maximum atomic E-state index is 11.5. The van der Waals surface area contributed by atoms with E-state index >= 15 is 0 Å². The summed E-state index contributed by atoms with van der Waals surface area (Å²) in [6, 6.07) is -2.47. The van der Waals surface area contributed by atoms with Crippen LogP contribution < -0.4 is 39.3 Å². The normalized spacial score (nSPS) is 43.1.